The van der Waals surface area contributed by atoms with Gasteiger partial charge in [0.25, 0.3) is 5.91 Å². The van der Waals surface area contributed by atoms with Gasteiger partial charge < -0.3 is 10.6 Å². The van der Waals surface area contributed by atoms with Gasteiger partial charge in [-0.3, -0.25) is 14.3 Å². The van der Waals surface area contributed by atoms with Crippen molar-refractivity contribution in [1.29, 1.82) is 0 Å². The molecule has 32 heavy (non-hydrogen) atoms. The third-order valence-corrected chi connectivity index (χ3v) is 5.83. The molecule has 1 aliphatic rings. The lowest BCUT2D eigenvalue weighted by atomic mass is 10.1. The summed E-state index contributed by atoms with van der Waals surface area (Å²) < 4.78 is 1.88. The Kier molecular flexibility index (Phi) is 6.42. The number of aromatic nitrogens is 2. The molecule has 7 heteroatoms. The van der Waals surface area contributed by atoms with Crippen LogP contribution in [0.25, 0.3) is 6.08 Å². The Labute approximate surface area is 192 Å². The molecule has 0 aliphatic heterocycles. The molecule has 2 N–H and O–H groups in total. The molecule has 0 unspecified atom stereocenters. The van der Waals surface area contributed by atoms with Crippen LogP contribution in [0.1, 0.15) is 45.7 Å². The maximum absolute atomic E-state index is 12.6. The largest absolute Gasteiger partial charge is 0.349 e. The summed E-state index contributed by atoms with van der Waals surface area (Å²) in [4.78, 5) is 25.0. The van der Waals surface area contributed by atoms with Crippen molar-refractivity contribution in [2.75, 3.05) is 5.32 Å². The zero-order valence-corrected chi connectivity index (χ0v) is 18.8. The molecule has 0 bridgehead atoms. The second kappa shape index (κ2) is 9.40. The van der Waals surface area contributed by atoms with Crippen LogP contribution in [0, 0.1) is 13.8 Å². The van der Waals surface area contributed by atoms with Crippen molar-refractivity contribution in [1.82, 2.24) is 15.1 Å². The van der Waals surface area contributed by atoms with Crippen LogP contribution < -0.4 is 10.6 Å². The number of para-hydroxylation sites is 1. The highest BCUT2D eigenvalue weighted by Crippen LogP contribution is 2.22. The van der Waals surface area contributed by atoms with E-state index < -0.39 is 0 Å². The van der Waals surface area contributed by atoms with Gasteiger partial charge in [0.15, 0.2) is 0 Å². The lowest BCUT2D eigenvalue weighted by Crippen LogP contribution is -2.26. The Morgan fingerprint density at radius 2 is 1.84 bits per heavy atom. The Balaban J connectivity index is 1.47. The number of amides is 2. The highest BCUT2D eigenvalue weighted by molar-refractivity contribution is 6.31. The zero-order valence-electron chi connectivity index (χ0n) is 18.1. The fourth-order valence-corrected chi connectivity index (χ4v) is 3.70. The highest BCUT2D eigenvalue weighted by Gasteiger charge is 2.24. The quantitative estimate of drug-likeness (QED) is 0.512. The van der Waals surface area contributed by atoms with Crippen molar-refractivity contribution in [2.24, 2.45) is 0 Å². The first-order chi connectivity index (χ1) is 15.4. The normalized spacial score (nSPS) is 13.3. The van der Waals surface area contributed by atoms with E-state index in [1.807, 2.05) is 42.8 Å². The van der Waals surface area contributed by atoms with Gasteiger partial charge in [0.1, 0.15) is 0 Å². The molecular weight excluding hydrogens is 424 g/mol. The number of carbonyl (C=O) groups is 2. The van der Waals surface area contributed by atoms with E-state index in [4.69, 9.17) is 11.6 Å². The van der Waals surface area contributed by atoms with E-state index in [2.05, 4.69) is 15.7 Å². The molecule has 0 saturated heterocycles. The Hall–Kier alpha value is -3.38. The van der Waals surface area contributed by atoms with Gasteiger partial charge >= 0.3 is 0 Å². The summed E-state index contributed by atoms with van der Waals surface area (Å²) in [5.41, 5.74) is 4.57. The number of nitrogens with zero attached hydrogens (tertiary/aromatic N) is 2. The molecule has 0 atom stereocenters. The Morgan fingerprint density at radius 3 is 2.59 bits per heavy atom. The molecule has 0 radical (unpaired) electrons. The van der Waals surface area contributed by atoms with Gasteiger partial charge in [-0.05, 0) is 56.5 Å². The summed E-state index contributed by atoms with van der Waals surface area (Å²) in [5, 5.41) is 11.1. The molecule has 3 aromatic rings. The van der Waals surface area contributed by atoms with E-state index >= 15 is 0 Å². The number of aryl methyl sites for hydroxylation is 1. The Morgan fingerprint density at radius 1 is 1.12 bits per heavy atom. The minimum Gasteiger partial charge on any atom is -0.349 e. The lowest BCUT2D eigenvalue weighted by Gasteiger charge is -2.10. The van der Waals surface area contributed by atoms with Crippen LogP contribution in [0.4, 0.5) is 5.69 Å². The first kappa shape index (κ1) is 21.8. The summed E-state index contributed by atoms with van der Waals surface area (Å²) in [6.45, 7) is 4.42. The summed E-state index contributed by atoms with van der Waals surface area (Å²) >= 11 is 6.28. The maximum Gasteiger partial charge on any atom is 0.253 e. The van der Waals surface area contributed by atoms with Crippen LogP contribution in [-0.4, -0.2) is 27.6 Å². The molecule has 2 aromatic carbocycles. The van der Waals surface area contributed by atoms with Crippen molar-refractivity contribution < 1.29 is 9.59 Å². The molecule has 1 aliphatic carbocycles. The van der Waals surface area contributed by atoms with E-state index in [-0.39, 0.29) is 17.9 Å². The number of nitrogens with one attached hydrogen (secondary N) is 2. The molecule has 0 spiro atoms. The number of carbonyl (C=O) groups excluding carboxylic acids is 2. The van der Waals surface area contributed by atoms with Crippen LogP contribution in [0.3, 0.4) is 0 Å². The predicted octanol–water partition coefficient (Wildman–Crippen LogP) is 4.75. The standard InChI is InChI=1S/C25H25ClN4O2/c1-16-20(17(2)30(29-16)15-18-7-3-5-9-22(18)26)13-14-24(31)28-23-10-6-4-8-21(23)25(32)27-19-11-12-19/h3-10,13-14,19H,11-12,15H2,1-2H3,(H,27,32)(H,28,31)/b14-13+. The first-order valence-corrected chi connectivity index (χ1v) is 11.0. The van der Waals surface area contributed by atoms with E-state index in [1.165, 1.54) is 6.08 Å². The molecule has 1 saturated carbocycles. The number of halogens is 1. The molecule has 6 nitrogen and oxygen atoms in total. The van der Waals surface area contributed by atoms with Gasteiger partial charge in [-0.2, -0.15) is 5.10 Å². The van der Waals surface area contributed by atoms with E-state index in [0.29, 0.717) is 22.8 Å². The lowest BCUT2D eigenvalue weighted by molar-refractivity contribution is -0.111. The van der Waals surface area contributed by atoms with Gasteiger partial charge in [0, 0.05) is 28.4 Å². The summed E-state index contributed by atoms with van der Waals surface area (Å²) in [7, 11) is 0. The summed E-state index contributed by atoms with van der Waals surface area (Å²) in [6.07, 6.45) is 5.23. The van der Waals surface area contributed by atoms with Gasteiger partial charge in [-0.15, -0.1) is 0 Å². The monoisotopic (exact) mass is 448 g/mol. The number of rotatable bonds is 7. The smallest absolute Gasteiger partial charge is 0.253 e. The molecular formula is C25H25ClN4O2. The van der Waals surface area contributed by atoms with Crippen molar-refractivity contribution in [2.45, 2.75) is 39.3 Å². The zero-order chi connectivity index (χ0) is 22.7. The van der Waals surface area contributed by atoms with Crippen molar-refractivity contribution >= 4 is 35.2 Å². The van der Waals surface area contributed by atoms with Crippen LogP contribution >= 0.6 is 11.6 Å². The number of anilines is 1. The average molecular weight is 449 g/mol. The van der Waals surface area contributed by atoms with Crippen molar-refractivity contribution in [3.8, 4) is 0 Å². The van der Waals surface area contributed by atoms with Crippen molar-refractivity contribution in [3.63, 3.8) is 0 Å². The van der Waals surface area contributed by atoms with Gasteiger partial charge in [-0.25, -0.2) is 0 Å². The van der Waals surface area contributed by atoms with Gasteiger partial charge in [-0.1, -0.05) is 41.9 Å². The molecule has 2 amide bonds. The summed E-state index contributed by atoms with van der Waals surface area (Å²) in [6, 6.07) is 14.9. The predicted molar refractivity (Wildman–Crippen MR) is 127 cm³/mol. The third-order valence-electron chi connectivity index (χ3n) is 5.46. The van der Waals surface area contributed by atoms with Gasteiger partial charge in [0.2, 0.25) is 5.91 Å². The number of hydrogen-bond acceptors (Lipinski definition) is 3. The Bertz CT molecular complexity index is 1190. The highest BCUT2D eigenvalue weighted by atomic mass is 35.5. The molecule has 164 valence electrons. The van der Waals surface area contributed by atoms with Crippen LogP contribution in [-0.2, 0) is 11.3 Å². The molecule has 1 heterocycles. The number of hydrogen-bond donors (Lipinski definition) is 2. The molecule has 1 fully saturated rings. The van der Waals surface area contributed by atoms with Crippen molar-refractivity contribution in [3.05, 3.63) is 87.7 Å². The van der Waals surface area contributed by atoms with Gasteiger partial charge in [0.05, 0.1) is 23.5 Å². The fourth-order valence-electron chi connectivity index (χ4n) is 3.51. The topological polar surface area (TPSA) is 76.0 Å². The molecule has 4 rings (SSSR count). The van der Waals surface area contributed by atoms with Crippen LogP contribution in [0.15, 0.2) is 54.6 Å². The second-order valence-corrected chi connectivity index (χ2v) is 8.36. The molecule has 1 aromatic heterocycles. The van der Waals surface area contributed by atoms with E-state index in [9.17, 15) is 9.59 Å². The van der Waals surface area contributed by atoms with E-state index in [1.54, 1.807) is 30.3 Å². The van der Waals surface area contributed by atoms with Crippen LogP contribution in [0.2, 0.25) is 5.02 Å². The minimum atomic E-state index is -0.311. The maximum atomic E-state index is 12.6. The van der Waals surface area contributed by atoms with Crippen LogP contribution in [0.5, 0.6) is 0 Å². The fraction of sp³-hybridized carbons (Fsp3) is 0.240. The second-order valence-electron chi connectivity index (χ2n) is 7.95. The minimum absolute atomic E-state index is 0.167. The SMILES string of the molecule is Cc1nn(Cc2ccccc2Cl)c(C)c1/C=C/C(=O)Nc1ccccc1C(=O)NC1CC1. The van der Waals surface area contributed by atoms with E-state index in [0.717, 1.165) is 35.4 Å². The first-order valence-electron chi connectivity index (χ1n) is 10.6. The average Bonchev–Trinajstić information content (AvgIpc) is 3.54. The third kappa shape index (κ3) is 5.08. The summed E-state index contributed by atoms with van der Waals surface area (Å²) in [5.74, 6) is -0.478. The number of benzene rings is 2.